The number of amides is 2. The molecule has 0 aliphatic carbocycles. The van der Waals surface area contributed by atoms with Gasteiger partial charge in [0.25, 0.3) is 5.69 Å². The Bertz CT molecular complexity index is 708. The summed E-state index contributed by atoms with van der Waals surface area (Å²) in [5.41, 5.74) is 0.870. The van der Waals surface area contributed by atoms with Gasteiger partial charge in [0.05, 0.1) is 9.79 Å². The van der Waals surface area contributed by atoms with E-state index in [2.05, 4.69) is 5.32 Å². The second kappa shape index (κ2) is 5.52. The molecule has 2 aliphatic rings. The number of hydrogen-bond donors (Lipinski definition) is 1. The van der Waals surface area contributed by atoms with Gasteiger partial charge in [0, 0.05) is 29.5 Å². The van der Waals surface area contributed by atoms with Gasteiger partial charge in [-0.1, -0.05) is 6.07 Å². The first kappa shape index (κ1) is 15.8. The van der Waals surface area contributed by atoms with Crippen LogP contribution in [0.2, 0.25) is 0 Å². The number of thioether (sulfide) groups is 1. The van der Waals surface area contributed by atoms with Crippen LogP contribution in [0.1, 0.15) is 25.3 Å². The maximum Gasteiger partial charge on any atom is 0.274 e. The van der Waals surface area contributed by atoms with E-state index in [1.165, 1.54) is 6.07 Å². The highest BCUT2D eigenvalue weighted by atomic mass is 32.2. The zero-order chi connectivity index (χ0) is 16.8. The smallest absolute Gasteiger partial charge is 0.274 e. The molecule has 0 aromatic heterocycles. The van der Waals surface area contributed by atoms with Crippen LogP contribution in [0.25, 0.3) is 0 Å². The van der Waals surface area contributed by atoms with Crippen LogP contribution in [-0.4, -0.2) is 38.3 Å². The van der Waals surface area contributed by atoms with Crippen molar-refractivity contribution in [3.05, 3.63) is 33.9 Å². The molecule has 0 saturated carbocycles. The van der Waals surface area contributed by atoms with Gasteiger partial charge in [-0.3, -0.25) is 19.7 Å². The van der Waals surface area contributed by atoms with E-state index in [4.69, 9.17) is 0 Å². The average molecular weight is 335 g/mol. The Morgan fingerprint density at radius 1 is 1.52 bits per heavy atom. The molecular weight excluding hydrogens is 318 g/mol. The second-order valence-electron chi connectivity index (χ2n) is 6.01. The number of anilines is 1. The molecule has 2 atom stereocenters. The number of carbonyl (C=O) groups excluding carboxylic acids is 2. The number of aryl methyl sites for hydroxylation is 1. The highest BCUT2D eigenvalue weighted by Crippen LogP contribution is 2.47. The number of nitrogens with one attached hydrogen (secondary N) is 1. The van der Waals surface area contributed by atoms with Crippen molar-refractivity contribution in [1.29, 1.82) is 0 Å². The standard InChI is InChI=1S/C15H17N3O4S/c1-9-3-4-10(7-11(9)18(21)22)16-14(20)12-8-23-15(2)6-5-13(19)17(12)15/h3-4,7,12H,5-6,8H2,1-2H3,(H,16,20)/t12-,15-/m1/s1. The fourth-order valence-electron chi connectivity index (χ4n) is 3.12. The Morgan fingerprint density at radius 2 is 2.26 bits per heavy atom. The summed E-state index contributed by atoms with van der Waals surface area (Å²) in [4.78, 5) is 36.5. The van der Waals surface area contributed by atoms with Gasteiger partial charge in [-0.25, -0.2) is 0 Å². The number of rotatable bonds is 3. The third-order valence-corrected chi connectivity index (χ3v) is 5.93. The molecule has 7 nitrogen and oxygen atoms in total. The van der Waals surface area contributed by atoms with E-state index >= 15 is 0 Å². The van der Waals surface area contributed by atoms with E-state index in [1.54, 1.807) is 35.7 Å². The summed E-state index contributed by atoms with van der Waals surface area (Å²) in [6.45, 7) is 3.62. The van der Waals surface area contributed by atoms with Crippen molar-refractivity contribution >= 4 is 35.0 Å². The van der Waals surface area contributed by atoms with Gasteiger partial charge in [-0.15, -0.1) is 11.8 Å². The van der Waals surface area contributed by atoms with Crippen molar-refractivity contribution in [3.8, 4) is 0 Å². The van der Waals surface area contributed by atoms with E-state index in [9.17, 15) is 19.7 Å². The van der Waals surface area contributed by atoms with Gasteiger partial charge in [0.1, 0.15) is 6.04 Å². The van der Waals surface area contributed by atoms with Crippen LogP contribution in [0.15, 0.2) is 18.2 Å². The molecule has 3 rings (SSSR count). The highest BCUT2D eigenvalue weighted by molar-refractivity contribution is 8.01. The number of nitro benzene ring substituents is 1. The summed E-state index contributed by atoms with van der Waals surface area (Å²) in [5.74, 6) is 0.240. The lowest BCUT2D eigenvalue weighted by Gasteiger charge is -2.29. The summed E-state index contributed by atoms with van der Waals surface area (Å²) in [5, 5.41) is 13.7. The van der Waals surface area contributed by atoms with Gasteiger partial charge in [0.2, 0.25) is 11.8 Å². The molecule has 2 fully saturated rings. The Morgan fingerprint density at radius 3 is 2.96 bits per heavy atom. The topological polar surface area (TPSA) is 92.6 Å². The maximum atomic E-state index is 12.5. The molecule has 0 spiro atoms. The molecule has 1 aromatic rings. The minimum atomic E-state index is -0.527. The van der Waals surface area contributed by atoms with Gasteiger partial charge >= 0.3 is 0 Å². The van der Waals surface area contributed by atoms with E-state index in [0.29, 0.717) is 23.4 Å². The maximum absolute atomic E-state index is 12.5. The van der Waals surface area contributed by atoms with Crippen LogP contribution in [0.4, 0.5) is 11.4 Å². The Kier molecular flexibility index (Phi) is 3.79. The molecule has 0 radical (unpaired) electrons. The van der Waals surface area contributed by atoms with Gasteiger partial charge < -0.3 is 10.2 Å². The summed E-state index contributed by atoms with van der Waals surface area (Å²) in [6.07, 6.45) is 1.21. The summed E-state index contributed by atoms with van der Waals surface area (Å²) in [6, 6.07) is 4.05. The van der Waals surface area contributed by atoms with Crippen LogP contribution in [0.5, 0.6) is 0 Å². The Balaban J connectivity index is 1.79. The number of nitrogens with zero attached hydrogens (tertiary/aromatic N) is 2. The molecule has 1 aromatic carbocycles. The van der Waals surface area contributed by atoms with Gasteiger partial charge in [-0.05, 0) is 26.3 Å². The average Bonchev–Trinajstić information content (AvgIpc) is 2.98. The molecule has 122 valence electrons. The fraction of sp³-hybridized carbons (Fsp3) is 0.467. The summed E-state index contributed by atoms with van der Waals surface area (Å²) < 4.78 is 0. The van der Waals surface area contributed by atoms with E-state index < -0.39 is 11.0 Å². The molecule has 2 aliphatic heterocycles. The minimum absolute atomic E-state index is 0.00691. The van der Waals surface area contributed by atoms with Crippen molar-refractivity contribution < 1.29 is 14.5 Å². The van der Waals surface area contributed by atoms with Crippen molar-refractivity contribution in [1.82, 2.24) is 4.90 Å². The molecule has 23 heavy (non-hydrogen) atoms. The van der Waals surface area contributed by atoms with Crippen LogP contribution in [0, 0.1) is 17.0 Å². The molecule has 8 heteroatoms. The Labute approximate surface area is 137 Å². The molecule has 2 amide bonds. The van der Waals surface area contributed by atoms with Gasteiger partial charge in [-0.2, -0.15) is 0 Å². The number of hydrogen-bond acceptors (Lipinski definition) is 5. The number of fused-ring (bicyclic) bond motifs is 1. The fourth-order valence-corrected chi connectivity index (χ4v) is 4.56. The van der Waals surface area contributed by atoms with E-state index in [1.807, 2.05) is 6.92 Å². The number of carbonyl (C=O) groups is 2. The van der Waals surface area contributed by atoms with Crippen LogP contribution in [-0.2, 0) is 9.59 Å². The number of benzene rings is 1. The summed E-state index contributed by atoms with van der Waals surface area (Å²) in [7, 11) is 0. The minimum Gasteiger partial charge on any atom is -0.324 e. The first-order chi connectivity index (χ1) is 10.8. The molecule has 1 N–H and O–H groups in total. The van der Waals surface area contributed by atoms with Crippen molar-refractivity contribution in [2.45, 2.75) is 37.6 Å². The third kappa shape index (κ3) is 2.67. The first-order valence-electron chi connectivity index (χ1n) is 7.34. The highest BCUT2D eigenvalue weighted by Gasteiger charge is 2.52. The SMILES string of the molecule is Cc1ccc(NC(=O)[C@H]2CS[C@]3(C)CCC(=O)N23)cc1[N+](=O)[O-]. The normalized spacial score (nSPS) is 26.3. The summed E-state index contributed by atoms with van der Waals surface area (Å²) >= 11 is 1.61. The first-order valence-corrected chi connectivity index (χ1v) is 8.32. The van der Waals surface area contributed by atoms with E-state index in [0.717, 1.165) is 6.42 Å². The second-order valence-corrected chi connectivity index (χ2v) is 7.51. The molecule has 2 saturated heterocycles. The van der Waals surface area contributed by atoms with Crippen molar-refractivity contribution in [3.63, 3.8) is 0 Å². The van der Waals surface area contributed by atoms with Crippen molar-refractivity contribution in [2.24, 2.45) is 0 Å². The third-order valence-electron chi connectivity index (χ3n) is 4.42. The zero-order valence-corrected chi connectivity index (χ0v) is 13.7. The van der Waals surface area contributed by atoms with Gasteiger partial charge in [0.15, 0.2) is 0 Å². The monoisotopic (exact) mass is 335 g/mol. The van der Waals surface area contributed by atoms with Crippen molar-refractivity contribution in [2.75, 3.05) is 11.1 Å². The largest absolute Gasteiger partial charge is 0.324 e. The lowest BCUT2D eigenvalue weighted by atomic mass is 10.1. The predicted molar refractivity (Wildman–Crippen MR) is 87.2 cm³/mol. The molecule has 0 unspecified atom stereocenters. The predicted octanol–water partition coefficient (Wildman–Crippen LogP) is 2.30. The lowest BCUT2D eigenvalue weighted by Crippen LogP contribution is -2.48. The molecular formula is C15H17N3O4S. The zero-order valence-electron chi connectivity index (χ0n) is 12.9. The molecule has 0 bridgehead atoms. The lowest BCUT2D eigenvalue weighted by molar-refractivity contribution is -0.385. The quantitative estimate of drug-likeness (QED) is 0.676. The molecule has 2 heterocycles. The Hall–Kier alpha value is -2.09. The van der Waals surface area contributed by atoms with E-state index in [-0.39, 0.29) is 22.4 Å². The number of nitro groups is 1. The van der Waals surface area contributed by atoms with Crippen LogP contribution in [0.3, 0.4) is 0 Å². The van der Waals surface area contributed by atoms with Crippen LogP contribution < -0.4 is 5.32 Å². The van der Waals surface area contributed by atoms with Crippen LogP contribution >= 0.6 is 11.8 Å².